The minimum absolute atomic E-state index is 0.00248. The van der Waals surface area contributed by atoms with Gasteiger partial charge >= 0.3 is 0 Å². The van der Waals surface area contributed by atoms with E-state index < -0.39 is 0 Å². The number of oxazole rings is 1. The van der Waals surface area contributed by atoms with Gasteiger partial charge in [0.2, 0.25) is 11.8 Å². The van der Waals surface area contributed by atoms with E-state index in [2.05, 4.69) is 15.2 Å². The van der Waals surface area contributed by atoms with Crippen LogP contribution in [0, 0.1) is 11.8 Å². The Morgan fingerprint density at radius 2 is 2.00 bits per heavy atom. The average Bonchev–Trinajstić information content (AvgIpc) is 2.91. The highest BCUT2D eigenvalue weighted by Gasteiger charge is 2.39. The lowest BCUT2D eigenvalue weighted by molar-refractivity contribution is -0.136. The molecule has 1 N–H and O–H groups in total. The molecule has 4 saturated heterocycles. The predicted molar refractivity (Wildman–Crippen MR) is 105 cm³/mol. The lowest BCUT2D eigenvalue weighted by Crippen LogP contribution is -2.46. The number of aromatic nitrogens is 1. The molecule has 8 heteroatoms. The standard InChI is InChI=1S/C20H23ClN4O3/c21-14-2-4-16-17(9-14)28-20(23-16)24-7-5-12(6-8-24)19(27)25-10-13-1-3-15(11-25)22-18(13)26/h2,4,9,12-13,15H,1,3,5-8,10-11H2,(H,22,26)/t13-,15+/m1/s1. The number of anilines is 1. The number of amides is 2. The van der Waals surface area contributed by atoms with Crippen LogP contribution in [0.1, 0.15) is 25.7 Å². The van der Waals surface area contributed by atoms with E-state index in [9.17, 15) is 9.59 Å². The van der Waals surface area contributed by atoms with Crippen molar-refractivity contribution in [2.24, 2.45) is 11.8 Å². The maximum atomic E-state index is 13.1. The molecule has 2 bridgehead atoms. The Labute approximate surface area is 168 Å². The fourth-order valence-electron chi connectivity index (χ4n) is 4.62. The summed E-state index contributed by atoms with van der Waals surface area (Å²) < 4.78 is 5.85. The minimum atomic E-state index is -0.0469. The van der Waals surface area contributed by atoms with Crippen molar-refractivity contribution in [3.05, 3.63) is 23.2 Å². The first-order valence-electron chi connectivity index (χ1n) is 9.97. The van der Waals surface area contributed by atoms with Crippen LogP contribution in [0.3, 0.4) is 0 Å². The van der Waals surface area contributed by atoms with E-state index in [0.717, 1.165) is 44.3 Å². The third kappa shape index (κ3) is 3.21. The van der Waals surface area contributed by atoms with E-state index in [1.165, 1.54) is 0 Å². The number of benzene rings is 1. The van der Waals surface area contributed by atoms with Crippen molar-refractivity contribution in [1.29, 1.82) is 0 Å². The number of piperidine rings is 2. The first kappa shape index (κ1) is 17.8. The zero-order valence-electron chi connectivity index (χ0n) is 15.6. The highest BCUT2D eigenvalue weighted by molar-refractivity contribution is 6.31. The summed E-state index contributed by atoms with van der Waals surface area (Å²) in [5.41, 5.74) is 1.47. The maximum Gasteiger partial charge on any atom is 0.298 e. The Balaban J connectivity index is 1.24. The van der Waals surface area contributed by atoms with Gasteiger partial charge in [-0.25, -0.2) is 0 Å². The van der Waals surface area contributed by atoms with Crippen molar-refractivity contribution in [2.45, 2.75) is 31.7 Å². The summed E-state index contributed by atoms with van der Waals surface area (Å²) in [6.45, 7) is 2.67. The van der Waals surface area contributed by atoms with Gasteiger partial charge in [-0.1, -0.05) is 11.6 Å². The molecule has 2 atom stereocenters. The third-order valence-corrected chi connectivity index (χ3v) is 6.46. The third-order valence-electron chi connectivity index (χ3n) is 6.23. The molecule has 6 rings (SSSR count). The van der Waals surface area contributed by atoms with Gasteiger partial charge < -0.3 is 19.5 Å². The van der Waals surface area contributed by atoms with Crippen LogP contribution in [0.15, 0.2) is 22.6 Å². The van der Waals surface area contributed by atoms with Crippen LogP contribution in [-0.4, -0.2) is 53.9 Å². The fraction of sp³-hybridized carbons (Fsp3) is 0.550. The lowest BCUT2D eigenvalue weighted by Gasteiger charge is -2.33. The molecule has 0 saturated carbocycles. The molecule has 2 amide bonds. The van der Waals surface area contributed by atoms with E-state index >= 15 is 0 Å². The molecule has 0 spiro atoms. The molecule has 4 aliphatic heterocycles. The number of carbonyl (C=O) groups excluding carboxylic acids is 2. The molecule has 148 valence electrons. The lowest BCUT2D eigenvalue weighted by atomic mass is 9.95. The topological polar surface area (TPSA) is 78.7 Å². The van der Waals surface area contributed by atoms with Gasteiger partial charge in [0.15, 0.2) is 5.58 Å². The van der Waals surface area contributed by atoms with Gasteiger partial charge in [-0.3, -0.25) is 9.59 Å². The molecular weight excluding hydrogens is 380 g/mol. The van der Waals surface area contributed by atoms with Gasteiger partial charge in [0, 0.05) is 49.2 Å². The number of rotatable bonds is 2. The molecule has 28 heavy (non-hydrogen) atoms. The Morgan fingerprint density at radius 1 is 1.18 bits per heavy atom. The predicted octanol–water partition coefficient (Wildman–Crippen LogP) is 2.43. The second-order valence-corrected chi connectivity index (χ2v) is 8.53. The van der Waals surface area contributed by atoms with Gasteiger partial charge in [-0.05, 0) is 37.8 Å². The summed E-state index contributed by atoms with van der Waals surface area (Å²) in [4.78, 5) is 33.7. The van der Waals surface area contributed by atoms with E-state index in [0.29, 0.717) is 29.7 Å². The fourth-order valence-corrected chi connectivity index (χ4v) is 4.78. The van der Waals surface area contributed by atoms with Crippen LogP contribution >= 0.6 is 11.6 Å². The summed E-state index contributed by atoms with van der Waals surface area (Å²) in [7, 11) is 0. The number of fused-ring (bicyclic) bond motifs is 5. The molecule has 1 aromatic heterocycles. The van der Waals surface area contributed by atoms with E-state index in [1.54, 1.807) is 12.1 Å². The van der Waals surface area contributed by atoms with Crippen molar-refractivity contribution in [3.8, 4) is 0 Å². The van der Waals surface area contributed by atoms with Crippen LogP contribution in [-0.2, 0) is 9.59 Å². The van der Waals surface area contributed by atoms with Crippen LogP contribution < -0.4 is 10.2 Å². The molecule has 4 aliphatic rings. The second-order valence-electron chi connectivity index (χ2n) is 8.09. The zero-order chi connectivity index (χ0) is 19.3. The van der Waals surface area contributed by atoms with Crippen molar-refractivity contribution >= 4 is 40.5 Å². The number of halogens is 1. The first-order valence-corrected chi connectivity index (χ1v) is 10.3. The monoisotopic (exact) mass is 402 g/mol. The largest absolute Gasteiger partial charge is 0.423 e. The summed E-state index contributed by atoms with van der Waals surface area (Å²) in [5.74, 6) is 0.256. The Hall–Kier alpha value is -2.28. The van der Waals surface area contributed by atoms with Gasteiger partial charge in [-0.2, -0.15) is 4.98 Å². The Bertz CT molecular complexity index is 921. The molecular formula is C20H23ClN4O3. The van der Waals surface area contributed by atoms with Crippen LogP contribution in [0.2, 0.25) is 5.02 Å². The number of nitrogens with zero attached hydrogens (tertiary/aromatic N) is 3. The van der Waals surface area contributed by atoms with Gasteiger partial charge in [0.25, 0.3) is 6.01 Å². The molecule has 0 radical (unpaired) electrons. The first-order chi connectivity index (χ1) is 13.6. The highest BCUT2D eigenvalue weighted by atomic mass is 35.5. The van der Waals surface area contributed by atoms with Crippen molar-refractivity contribution in [3.63, 3.8) is 0 Å². The number of hydrogen-bond acceptors (Lipinski definition) is 5. The number of carbonyl (C=O) groups is 2. The molecule has 4 fully saturated rings. The summed E-state index contributed by atoms with van der Waals surface area (Å²) in [6.07, 6.45) is 3.40. The quantitative estimate of drug-likeness (QED) is 0.834. The zero-order valence-corrected chi connectivity index (χ0v) is 16.3. The molecule has 1 aromatic carbocycles. The van der Waals surface area contributed by atoms with Crippen molar-refractivity contribution < 1.29 is 14.0 Å². The summed E-state index contributed by atoms with van der Waals surface area (Å²) in [5, 5.41) is 3.66. The normalized spacial score (nSPS) is 25.8. The van der Waals surface area contributed by atoms with E-state index in [1.807, 2.05) is 11.0 Å². The number of hydrogen-bond donors (Lipinski definition) is 1. The van der Waals surface area contributed by atoms with Crippen LogP contribution in [0.5, 0.6) is 0 Å². The van der Waals surface area contributed by atoms with E-state index in [-0.39, 0.29) is 29.7 Å². The molecule has 0 aliphatic carbocycles. The van der Waals surface area contributed by atoms with Gasteiger partial charge in [-0.15, -0.1) is 0 Å². The molecule has 0 unspecified atom stereocenters. The number of nitrogens with one attached hydrogen (secondary N) is 1. The minimum Gasteiger partial charge on any atom is -0.423 e. The Kier molecular flexibility index (Phi) is 4.42. The van der Waals surface area contributed by atoms with Crippen molar-refractivity contribution in [1.82, 2.24) is 15.2 Å². The van der Waals surface area contributed by atoms with E-state index in [4.69, 9.17) is 16.0 Å². The molecule has 5 heterocycles. The SMILES string of the molecule is O=C1N[C@H]2CC[C@@H]1CN(C(=O)C1CCN(c3nc4ccc(Cl)cc4o3)CC1)C2. The second kappa shape index (κ2) is 6.95. The smallest absolute Gasteiger partial charge is 0.298 e. The summed E-state index contributed by atoms with van der Waals surface area (Å²) >= 11 is 6.02. The maximum absolute atomic E-state index is 13.1. The summed E-state index contributed by atoms with van der Waals surface area (Å²) in [6, 6.07) is 6.12. The van der Waals surface area contributed by atoms with Crippen molar-refractivity contribution in [2.75, 3.05) is 31.1 Å². The molecule has 7 nitrogen and oxygen atoms in total. The highest BCUT2D eigenvalue weighted by Crippen LogP contribution is 2.30. The Morgan fingerprint density at radius 3 is 2.79 bits per heavy atom. The average molecular weight is 403 g/mol. The van der Waals surface area contributed by atoms with Gasteiger partial charge in [0.05, 0.1) is 5.92 Å². The molecule has 2 aromatic rings. The van der Waals surface area contributed by atoms with Crippen LogP contribution in [0.4, 0.5) is 6.01 Å². The van der Waals surface area contributed by atoms with Gasteiger partial charge in [0.1, 0.15) is 5.52 Å². The van der Waals surface area contributed by atoms with Crippen LogP contribution in [0.25, 0.3) is 11.1 Å².